The van der Waals surface area contributed by atoms with Gasteiger partial charge in [-0.1, -0.05) is 18.5 Å². The minimum absolute atomic E-state index is 0.291. The number of nitrogens with one attached hydrogen (secondary N) is 1. The van der Waals surface area contributed by atoms with Crippen LogP contribution in [0.25, 0.3) is 0 Å². The van der Waals surface area contributed by atoms with Crippen molar-refractivity contribution in [2.75, 3.05) is 19.8 Å². The smallest absolute Gasteiger partial charge is 0.0834 e. The Bertz CT molecular complexity index is 388. The summed E-state index contributed by atoms with van der Waals surface area (Å²) in [7, 11) is 0. The first-order valence-electron chi connectivity index (χ1n) is 7.30. The molecular weight excluding hydrogens is 262 g/mol. The second kappa shape index (κ2) is 7.27. The van der Waals surface area contributed by atoms with Gasteiger partial charge in [0.2, 0.25) is 0 Å². The molecule has 1 aliphatic rings. The summed E-state index contributed by atoms with van der Waals surface area (Å²) in [6.45, 7) is 7.86. The van der Waals surface area contributed by atoms with Crippen molar-refractivity contribution in [1.29, 1.82) is 0 Å². The van der Waals surface area contributed by atoms with Crippen molar-refractivity contribution in [3.05, 3.63) is 16.9 Å². The minimum atomic E-state index is 0.291. The highest BCUT2D eigenvalue weighted by molar-refractivity contribution is 6.31. The van der Waals surface area contributed by atoms with E-state index < -0.39 is 0 Å². The van der Waals surface area contributed by atoms with Crippen molar-refractivity contribution in [2.45, 2.75) is 45.7 Å². The Hall–Kier alpha value is -0.580. The van der Waals surface area contributed by atoms with E-state index in [1.807, 2.05) is 4.68 Å². The summed E-state index contributed by atoms with van der Waals surface area (Å²) in [5.41, 5.74) is 1.14. The number of rotatable bonds is 6. The second-order valence-electron chi connectivity index (χ2n) is 5.08. The molecule has 1 saturated heterocycles. The lowest BCUT2D eigenvalue weighted by Gasteiger charge is -2.31. The Balaban J connectivity index is 2.22. The molecule has 4 nitrogen and oxygen atoms in total. The van der Waals surface area contributed by atoms with Gasteiger partial charge in [-0.05, 0) is 38.6 Å². The van der Waals surface area contributed by atoms with E-state index in [1.165, 1.54) is 0 Å². The maximum Gasteiger partial charge on any atom is 0.0834 e. The Morgan fingerprint density at radius 1 is 1.47 bits per heavy atom. The summed E-state index contributed by atoms with van der Waals surface area (Å²) in [4.78, 5) is 0. The molecule has 108 valence electrons. The lowest BCUT2D eigenvalue weighted by Crippen LogP contribution is -2.34. The second-order valence-corrected chi connectivity index (χ2v) is 5.48. The summed E-state index contributed by atoms with van der Waals surface area (Å²) in [6, 6.07) is 0.291. The van der Waals surface area contributed by atoms with Crippen LogP contribution < -0.4 is 5.32 Å². The summed E-state index contributed by atoms with van der Waals surface area (Å²) in [5, 5.41) is 8.81. The number of hydrogen-bond acceptors (Lipinski definition) is 3. The quantitative estimate of drug-likeness (QED) is 0.873. The van der Waals surface area contributed by atoms with Gasteiger partial charge in [0.1, 0.15) is 0 Å². The van der Waals surface area contributed by atoms with Gasteiger partial charge in [-0.15, -0.1) is 0 Å². The van der Waals surface area contributed by atoms with E-state index in [2.05, 4.69) is 24.3 Å². The molecular formula is C14H24ClN3O. The molecule has 2 rings (SSSR count). The van der Waals surface area contributed by atoms with Crippen LogP contribution in [0.2, 0.25) is 5.02 Å². The Morgan fingerprint density at radius 3 is 2.84 bits per heavy atom. The third-order valence-corrected chi connectivity index (χ3v) is 4.07. The standard InChI is InChI=1S/C14H24ClN3O/c1-3-7-16-13(11-5-8-19-9-6-11)14-12(15)10-17-18(14)4-2/h10-11,13,16H,3-9H2,1-2H3. The molecule has 0 saturated carbocycles. The Morgan fingerprint density at radius 2 is 2.21 bits per heavy atom. The SMILES string of the molecule is CCCNC(c1c(Cl)cnn1CC)C1CCOCC1. The summed E-state index contributed by atoms with van der Waals surface area (Å²) in [5.74, 6) is 0.583. The predicted molar refractivity (Wildman–Crippen MR) is 77.5 cm³/mol. The van der Waals surface area contributed by atoms with E-state index in [9.17, 15) is 0 Å². The first-order chi connectivity index (χ1) is 9.27. The maximum atomic E-state index is 6.36. The van der Waals surface area contributed by atoms with Gasteiger partial charge in [-0.3, -0.25) is 4.68 Å². The minimum Gasteiger partial charge on any atom is -0.381 e. The molecule has 0 spiro atoms. The summed E-state index contributed by atoms with van der Waals surface area (Å²) in [6.07, 6.45) is 5.07. The fourth-order valence-corrected chi connectivity index (χ4v) is 3.03. The van der Waals surface area contributed by atoms with Crippen LogP contribution >= 0.6 is 11.6 Å². The third kappa shape index (κ3) is 3.50. The van der Waals surface area contributed by atoms with Crippen LogP contribution in [0.1, 0.15) is 44.8 Å². The van der Waals surface area contributed by atoms with E-state index in [1.54, 1.807) is 6.20 Å². The maximum absolute atomic E-state index is 6.36. The summed E-state index contributed by atoms with van der Waals surface area (Å²) >= 11 is 6.36. The van der Waals surface area contributed by atoms with Crippen molar-refractivity contribution in [1.82, 2.24) is 15.1 Å². The number of aryl methyl sites for hydroxylation is 1. The van der Waals surface area contributed by atoms with Gasteiger partial charge in [0.05, 0.1) is 23.0 Å². The monoisotopic (exact) mass is 285 g/mol. The normalized spacial score (nSPS) is 18.7. The molecule has 2 heterocycles. The lowest BCUT2D eigenvalue weighted by atomic mass is 9.89. The van der Waals surface area contributed by atoms with Crippen LogP contribution in [0.5, 0.6) is 0 Å². The molecule has 0 bridgehead atoms. The van der Waals surface area contributed by atoms with Gasteiger partial charge in [-0.25, -0.2) is 0 Å². The topological polar surface area (TPSA) is 39.1 Å². The fourth-order valence-electron chi connectivity index (χ4n) is 2.77. The molecule has 1 unspecified atom stereocenters. The Labute approximate surface area is 120 Å². The molecule has 5 heteroatoms. The molecule has 1 atom stereocenters. The molecule has 0 radical (unpaired) electrons. The number of aromatic nitrogens is 2. The number of halogens is 1. The predicted octanol–water partition coefficient (Wildman–Crippen LogP) is 3.02. The third-order valence-electron chi connectivity index (χ3n) is 3.78. The largest absolute Gasteiger partial charge is 0.381 e. The average molecular weight is 286 g/mol. The van der Waals surface area contributed by atoms with Crippen LogP contribution in [0, 0.1) is 5.92 Å². The number of ether oxygens (including phenoxy) is 1. The van der Waals surface area contributed by atoms with E-state index in [4.69, 9.17) is 16.3 Å². The van der Waals surface area contributed by atoms with Crippen molar-refractivity contribution in [2.24, 2.45) is 5.92 Å². The molecule has 0 aromatic carbocycles. The number of hydrogen-bond donors (Lipinski definition) is 1. The van der Waals surface area contributed by atoms with Crippen LogP contribution in [0.4, 0.5) is 0 Å². The van der Waals surface area contributed by atoms with Crippen molar-refractivity contribution >= 4 is 11.6 Å². The lowest BCUT2D eigenvalue weighted by molar-refractivity contribution is 0.0524. The zero-order valence-corrected chi connectivity index (χ0v) is 12.6. The van der Waals surface area contributed by atoms with Crippen molar-refractivity contribution in [3.63, 3.8) is 0 Å². The molecule has 1 aromatic rings. The van der Waals surface area contributed by atoms with Crippen LogP contribution in [-0.4, -0.2) is 29.5 Å². The highest BCUT2D eigenvalue weighted by Gasteiger charge is 2.29. The van der Waals surface area contributed by atoms with Crippen molar-refractivity contribution < 1.29 is 4.74 Å². The van der Waals surface area contributed by atoms with E-state index >= 15 is 0 Å². The van der Waals surface area contributed by atoms with Gasteiger partial charge < -0.3 is 10.1 Å². The molecule has 1 N–H and O–H groups in total. The highest BCUT2D eigenvalue weighted by atomic mass is 35.5. The van der Waals surface area contributed by atoms with Crippen LogP contribution in [-0.2, 0) is 11.3 Å². The van der Waals surface area contributed by atoms with Gasteiger partial charge in [-0.2, -0.15) is 5.10 Å². The molecule has 0 aliphatic carbocycles. The van der Waals surface area contributed by atoms with E-state index in [-0.39, 0.29) is 0 Å². The number of nitrogens with zero attached hydrogens (tertiary/aromatic N) is 2. The van der Waals surface area contributed by atoms with Gasteiger partial charge in [0.15, 0.2) is 0 Å². The van der Waals surface area contributed by atoms with Crippen LogP contribution in [0.3, 0.4) is 0 Å². The Kier molecular flexibility index (Phi) is 5.67. The van der Waals surface area contributed by atoms with Gasteiger partial charge in [0.25, 0.3) is 0 Å². The molecule has 1 aliphatic heterocycles. The van der Waals surface area contributed by atoms with E-state index in [0.29, 0.717) is 12.0 Å². The average Bonchev–Trinajstić information content (AvgIpc) is 2.82. The summed E-state index contributed by atoms with van der Waals surface area (Å²) < 4.78 is 7.49. The molecule has 0 amide bonds. The molecule has 1 aromatic heterocycles. The first-order valence-corrected chi connectivity index (χ1v) is 7.68. The molecule has 1 fully saturated rings. The molecule has 19 heavy (non-hydrogen) atoms. The van der Waals surface area contributed by atoms with E-state index in [0.717, 1.165) is 56.3 Å². The first kappa shape index (κ1) is 14.8. The zero-order valence-electron chi connectivity index (χ0n) is 11.9. The van der Waals surface area contributed by atoms with Crippen LogP contribution in [0.15, 0.2) is 6.20 Å². The van der Waals surface area contributed by atoms with Gasteiger partial charge in [0, 0.05) is 19.8 Å². The zero-order chi connectivity index (χ0) is 13.7. The van der Waals surface area contributed by atoms with Crippen molar-refractivity contribution in [3.8, 4) is 0 Å². The fraction of sp³-hybridized carbons (Fsp3) is 0.786. The van der Waals surface area contributed by atoms with Gasteiger partial charge >= 0.3 is 0 Å². The highest BCUT2D eigenvalue weighted by Crippen LogP contribution is 2.33.